The Morgan fingerprint density at radius 1 is 1.16 bits per heavy atom. The van der Waals surface area contributed by atoms with Crippen LogP contribution in [0.25, 0.3) is 0 Å². The van der Waals surface area contributed by atoms with E-state index >= 15 is 0 Å². The van der Waals surface area contributed by atoms with Crippen LogP contribution >= 0.6 is 11.6 Å². The molecule has 1 aliphatic carbocycles. The fraction of sp³-hybridized carbons (Fsp3) is 0.680. The molecule has 1 aromatic rings. The molecule has 1 saturated heterocycles. The molecule has 2 aliphatic rings. The lowest BCUT2D eigenvalue weighted by molar-refractivity contribution is -0.149. The van der Waals surface area contributed by atoms with Gasteiger partial charge in [-0.05, 0) is 64.3 Å². The Morgan fingerprint density at radius 2 is 1.81 bits per heavy atom. The monoisotopic (exact) mass is 463 g/mol. The SMILES string of the molecule is CN[C@H](Cc1ccc(Cl)cc1)C(=O)N1CC[C@H](N(C(=O)C(C)(C)CO)C2CCCCC2)C1. The maximum Gasteiger partial charge on any atom is 0.240 e. The smallest absolute Gasteiger partial charge is 0.240 e. The normalized spacial score (nSPS) is 20.9. The van der Waals surface area contributed by atoms with Crippen molar-refractivity contribution in [3.05, 3.63) is 34.9 Å². The molecular weight excluding hydrogens is 426 g/mol. The lowest BCUT2D eigenvalue weighted by Gasteiger charge is -2.42. The average molecular weight is 464 g/mol. The molecular formula is C25H38ClN3O3. The van der Waals surface area contributed by atoms with E-state index in [0.717, 1.165) is 37.7 Å². The molecule has 1 aliphatic heterocycles. The first-order chi connectivity index (χ1) is 15.3. The van der Waals surface area contributed by atoms with E-state index in [9.17, 15) is 14.7 Å². The van der Waals surface area contributed by atoms with Crippen LogP contribution < -0.4 is 5.32 Å². The minimum Gasteiger partial charge on any atom is -0.395 e. The summed E-state index contributed by atoms with van der Waals surface area (Å²) in [6.45, 7) is 4.66. The Morgan fingerprint density at radius 3 is 2.41 bits per heavy atom. The van der Waals surface area contributed by atoms with Crippen molar-refractivity contribution in [1.29, 1.82) is 0 Å². The number of likely N-dealkylation sites (tertiary alicyclic amines) is 1. The second-order valence-corrected chi connectivity index (χ2v) is 10.4. The summed E-state index contributed by atoms with van der Waals surface area (Å²) in [7, 11) is 1.81. The van der Waals surface area contributed by atoms with Crippen molar-refractivity contribution in [2.24, 2.45) is 5.41 Å². The quantitative estimate of drug-likeness (QED) is 0.620. The van der Waals surface area contributed by atoms with Crippen LogP contribution in [0.15, 0.2) is 24.3 Å². The molecule has 0 unspecified atom stereocenters. The van der Waals surface area contributed by atoms with Crippen molar-refractivity contribution in [2.75, 3.05) is 26.7 Å². The Hall–Kier alpha value is -1.63. The predicted molar refractivity (Wildman–Crippen MR) is 128 cm³/mol. The van der Waals surface area contributed by atoms with Crippen molar-refractivity contribution in [1.82, 2.24) is 15.1 Å². The Balaban J connectivity index is 1.71. The van der Waals surface area contributed by atoms with Gasteiger partial charge in [0.05, 0.1) is 24.1 Å². The highest BCUT2D eigenvalue weighted by atomic mass is 35.5. The summed E-state index contributed by atoms with van der Waals surface area (Å²) in [5.41, 5.74) is 0.248. The Bertz CT molecular complexity index is 777. The number of carbonyl (C=O) groups excluding carboxylic acids is 2. The molecule has 1 aromatic carbocycles. The standard InChI is InChI=1S/C25H38ClN3O3/c1-25(2,17-30)24(32)29(20-7-5-4-6-8-20)21-13-14-28(16-21)23(31)22(27-3)15-18-9-11-19(26)12-10-18/h9-12,20-22,27,30H,4-8,13-17H2,1-3H3/t21-,22+/m0/s1. The van der Waals surface area contributed by atoms with Crippen LogP contribution in [0, 0.1) is 5.41 Å². The van der Waals surface area contributed by atoms with Crippen molar-refractivity contribution < 1.29 is 14.7 Å². The van der Waals surface area contributed by atoms with E-state index in [1.165, 1.54) is 6.42 Å². The number of aliphatic hydroxyl groups excluding tert-OH is 1. The molecule has 32 heavy (non-hydrogen) atoms. The molecule has 0 aromatic heterocycles. The molecule has 0 bridgehead atoms. The Labute approximate surface area is 197 Å². The maximum absolute atomic E-state index is 13.5. The van der Waals surface area contributed by atoms with Gasteiger partial charge in [0.2, 0.25) is 11.8 Å². The summed E-state index contributed by atoms with van der Waals surface area (Å²) in [6, 6.07) is 7.49. The zero-order valence-corrected chi connectivity index (χ0v) is 20.4. The van der Waals surface area contributed by atoms with Crippen molar-refractivity contribution in [3.63, 3.8) is 0 Å². The van der Waals surface area contributed by atoms with E-state index in [2.05, 4.69) is 5.32 Å². The van der Waals surface area contributed by atoms with E-state index in [4.69, 9.17) is 11.6 Å². The molecule has 2 fully saturated rings. The maximum atomic E-state index is 13.5. The first-order valence-electron chi connectivity index (χ1n) is 11.9. The van der Waals surface area contributed by atoms with Crippen LogP contribution in [0.1, 0.15) is 57.9 Å². The number of hydrogen-bond acceptors (Lipinski definition) is 4. The predicted octanol–water partition coefficient (Wildman–Crippen LogP) is 3.25. The third-order valence-electron chi connectivity index (χ3n) is 7.04. The minimum atomic E-state index is -0.809. The average Bonchev–Trinajstić information content (AvgIpc) is 3.28. The lowest BCUT2D eigenvalue weighted by atomic mass is 9.87. The highest BCUT2D eigenvalue weighted by molar-refractivity contribution is 6.30. The first kappa shape index (κ1) is 25.0. The highest BCUT2D eigenvalue weighted by Gasteiger charge is 2.42. The summed E-state index contributed by atoms with van der Waals surface area (Å²) >= 11 is 5.99. The highest BCUT2D eigenvalue weighted by Crippen LogP contribution is 2.32. The molecule has 3 rings (SSSR count). The number of nitrogens with zero attached hydrogens (tertiary/aromatic N) is 2. The molecule has 7 heteroatoms. The van der Waals surface area contributed by atoms with Gasteiger partial charge in [-0.15, -0.1) is 0 Å². The number of rotatable bonds is 8. The van der Waals surface area contributed by atoms with Gasteiger partial charge < -0.3 is 20.2 Å². The fourth-order valence-electron chi connectivity index (χ4n) is 4.96. The number of benzene rings is 1. The fourth-order valence-corrected chi connectivity index (χ4v) is 5.09. The van der Waals surface area contributed by atoms with Gasteiger partial charge in [0.1, 0.15) is 0 Å². The van der Waals surface area contributed by atoms with E-state index in [-0.39, 0.29) is 36.5 Å². The number of nitrogens with one attached hydrogen (secondary N) is 1. The van der Waals surface area contributed by atoms with E-state index in [0.29, 0.717) is 24.5 Å². The van der Waals surface area contributed by atoms with Gasteiger partial charge in [0.15, 0.2) is 0 Å². The molecule has 0 radical (unpaired) electrons. The van der Waals surface area contributed by atoms with Crippen molar-refractivity contribution in [2.45, 2.75) is 76.9 Å². The summed E-state index contributed by atoms with van der Waals surface area (Å²) < 4.78 is 0. The summed E-state index contributed by atoms with van der Waals surface area (Å²) in [6.07, 6.45) is 6.87. The van der Waals surface area contributed by atoms with Crippen molar-refractivity contribution in [3.8, 4) is 0 Å². The largest absolute Gasteiger partial charge is 0.395 e. The summed E-state index contributed by atoms with van der Waals surface area (Å²) in [5, 5.41) is 13.7. The number of carbonyl (C=O) groups is 2. The number of amides is 2. The minimum absolute atomic E-state index is 0.00779. The molecule has 6 nitrogen and oxygen atoms in total. The van der Waals surface area contributed by atoms with E-state index in [1.54, 1.807) is 0 Å². The second kappa shape index (κ2) is 11.0. The Kier molecular flexibility index (Phi) is 8.59. The number of aliphatic hydroxyl groups is 1. The van der Waals surface area contributed by atoms with Crippen LogP contribution in [0.2, 0.25) is 5.02 Å². The first-order valence-corrected chi connectivity index (χ1v) is 12.3. The third kappa shape index (κ3) is 5.83. The summed E-state index contributed by atoms with van der Waals surface area (Å²) in [4.78, 5) is 30.7. The van der Waals surface area contributed by atoms with Gasteiger partial charge >= 0.3 is 0 Å². The third-order valence-corrected chi connectivity index (χ3v) is 7.30. The topological polar surface area (TPSA) is 72.9 Å². The van der Waals surface area contributed by atoms with Gasteiger partial charge in [0, 0.05) is 24.2 Å². The van der Waals surface area contributed by atoms with E-state index < -0.39 is 5.41 Å². The number of halogens is 1. The van der Waals surface area contributed by atoms with E-state index in [1.807, 2.05) is 55.0 Å². The molecule has 2 atom stereocenters. The van der Waals surface area contributed by atoms with Gasteiger partial charge in [-0.25, -0.2) is 0 Å². The molecule has 0 spiro atoms. The van der Waals surface area contributed by atoms with Crippen LogP contribution in [0.5, 0.6) is 0 Å². The molecule has 1 heterocycles. The molecule has 1 saturated carbocycles. The zero-order valence-electron chi connectivity index (χ0n) is 19.6. The molecule has 2 N–H and O–H groups in total. The van der Waals surface area contributed by atoms with Crippen LogP contribution in [0.4, 0.5) is 0 Å². The lowest BCUT2D eigenvalue weighted by Crippen LogP contribution is -2.55. The second-order valence-electron chi connectivity index (χ2n) is 9.94. The van der Waals surface area contributed by atoms with Gasteiger partial charge in [-0.1, -0.05) is 43.0 Å². The molecule has 178 valence electrons. The van der Waals surface area contributed by atoms with Crippen LogP contribution in [-0.4, -0.2) is 71.6 Å². The van der Waals surface area contributed by atoms with Gasteiger partial charge in [0.25, 0.3) is 0 Å². The summed E-state index contributed by atoms with van der Waals surface area (Å²) in [5.74, 6) is 0.0833. The van der Waals surface area contributed by atoms with Crippen LogP contribution in [0.3, 0.4) is 0 Å². The van der Waals surface area contributed by atoms with Crippen LogP contribution in [-0.2, 0) is 16.0 Å². The number of likely N-dealkylation sites (N-methyl/N-ethyl adjacent to an activating group) is 1. The van der Waals surface area contributed by atoms with Crippen molar-refractivity contribution >= 4 is 23.4 Å². The van der Waals surface area contributed by atoms with Gasteiger partial charge in [-0.3, -0.25) is 9.59 Å². The number of hydrogen-bond donors (Lipinski definition) is 2. The molecule has 2 amide bonds. The van der Waals surface area contributed by atoms with Gasteiger partial charge in [-0.2, -0.15) is 0 Å². The zero-order chi connectivity index (χ0) is 23.3.